The molecule has 9 atom stereocenters. The third-order valence-electron chi connectivity index (χ3n) is 15.6. The van der Waals surface area contributed by atoms with E-state index in [1.54, 1.807) is 18.2 Å². The molecule has 8 bridgehead atoms. The van der Waals surface area contributed by atoms with Crippen molar-refractivity contribution in [1.29, 1.82) is 0 Å². The fourth-order valence-corrected chi connectivity index (χ4v) is 11.7. The molecule has 6 aliphatic rings. The summed E-state index contributed by atoms with van der Waals surface area (Å²) in [5, 5.41) is 25.0. The number of hydrogen-bond donors (Lipinski definition) is 6. The summed E-state index contributed by atoms with van der Waals surface area (Å²) < 4.78 is 65.0. The Morgan fingerprint density at radius 1 is 0.667 bits per heavy atom. The van der Waals surface area contributed by atoms with Gasteiger partial charge in [0.25, 0.3) is 5.91 Å². The molecular formula is C57H57F2N7O12. The molecule has 7 unspecified atom stereocenters. The van der Waals surface area contributed by atoms with Crippen molar-refractivity contribution in [1.82, 2.24) is 25.9 Å². The molecule has 6 aliphatic heterocycles. The Kier molecular flexibility index (Phi) is 12.8. The Bertz CT molecular complexity index is 3470. The minimum absolute atomic E-state index is 0.0366. The second kappa shape index (κ2) is 19.3. The van der Waals surface area contributed by atoms with Crippen LogP contribution < -0.4 is 36.1 Å². The molecule has 0 saturated carbocycles. The molecule has 0 saturated heterocycles. The first-order valence-corrected chi connectivity index (χ1v) is 25.8. The highest BCUT2D eigenvalue weighted by molar-refractivity contribution is 5.97. The Morgan fingerprint density at radius 3 is 1.56 bits per heavy atom. The lowest BCUT2D eigenvalue weighted by atomic mass is 9.72. The van der Waals surface area contributed by atoms with E-state index in [0.717, 1.165) is 18.2 Å². The van der Waals surface area contributed by atoms with Crippen LogP contribution in [0.5, 0.6) is 11.5 Å². The number of nitrogens with zero attached hydrogens (tertiary/aromatic N) is 2. The average molecular weight is 1070 g/mol. The third kappa shape index (κ3) is 8.02. The number of ether oxygens (including phenoxy) is 4. The van der Waals surface area contributed by atoms with Gasteiger partial charge >= 0.3 is 11.9 Å². The number of carbonyl (C=O) groups is 5. The molecule has 6 aromatic rings. The summed E-state index contributed by atoms with van der Waals surface area (Å²) in [4.78, 5) is 74.7. The fourth-order valence-electron chi connectivity index (χ4n) is 11.7. The van der Waals surface area contributed by atoms with E-state index in [4.69, 9.17) is 27.8 Å². The van der Waals surface area contributed by atoms with Gasteiger partial charge in [-0.25, -0.2) is 28.3 Å². The predicted molar refractivity (Wildman–Crippen MR) is 273 cm³/mol. The molecule has 0 fully saturated rings. The molecule has 19 nitrogen and oxygen atoms in total. The number of rotatable bonds is 7. The number of fused-ring (bicyclic) bond motifs is 8. The quantitative estimate of drug-likeness (QED) is 0.0916. The largest absolute Gasteiger partial charge is 0.469 e. The van der Waals surface area contributed by atoms with Gasteiger partial charge < -0.3 is 59.5 Å². The van der Waals surface area contributed by atoms with E-state index in [1.165, 1.54) is 31.4 Å². The Balaban J connectivity index is 0.000000167. The highest BCUT2D eigenvalue weighted by Gasteiger charge is 2.63. The third-order valence-corrected chi connectivity index (χ3v) is 15.6. The molecule has 0 radical (unpaired) electrons. The number of halogens is 2. The second-order valence-corrected chi connectivity index (χ2v) is 21.3. The van der Waals surface area contributed by atoms with Crippen molar-refractivity contribution in [3.63, 3.8) is 0 Å². The monoisotopic (exact) mass is 1070 g/mol. The number of aliphatic hydroxyl groups excluding tert-OH is 1. The Labute approximate surface area is 446 Å². The van der Waals surface area contributed by atoms with Crippen LogP contribution in [0.25, 0.3) is 0 Å². The molecule has 3 amide bonds. The maximum absolute atomic E-state index is 14.9. The summed E-state index contributed by atoms with van der Waals surface area (Å²) in [5.74, 6) is -3.15. The number of amides is 3. The number of oxazole rings is 2. The summed E-state index contributed by atoms with van der Waals surface area (Å²) in [6.07, 6.45) is -0.639. The maximum atomic E-state index is 14.9. The minimum Gasteiger partial charge on any atom is -0.469 e. The first-order chi connectivity index (χ1) is 37.3. The molecule has 8 heterocycles. The topological polar surface area (TPSA) is 255 Å². The van der Waals surface area contributed by atoms with Crippen LogP contribution in [0.2, 0.25) is 0 Å². The SMILES string of the molecule is COC(=O)C(CO)NC(=O)c1nc2oc1C13c4cc(F)ccc4N[C@@H]1Oc1ccc(cc13)CC(C)C(=O)NC2C(C)C.COC(=O)c1nc2oc1C13c4cc(F)ccc4N[C@@H]1Oc1ccc(cc13)CC(C)C(=O)NC2C(C)C. The summed E-state index contributed by atoms with van der Waals surface area (Å²) in [6.45, 7) is 10.6. The van der Waals surface area contributed by atoms with Crippen molar-refractivity contribution in [2.24, 2.45) is 23.7 Å². The molecule has 6 N–H and O–H groups in total. The van der Waals surface area contributed by atoms with E-state index >= 15 is 0 Å². The van der Waals surface area contributed by atoms with Crippen LogP contribution in [0, 0.1) is 35.3 Å². The van der Waals surface area contributed by atoms with Gasteiger partial charge in [0.15, 0.2) is 41.4 Å². The molecule has 12 rings (SSSR count). The van der Waals surface area contributed by atoms with Gasteiger partial charge in [-0.05, 0) is 84.3 Å². The number of aliphatic hydroxyl groups is 1. The van der Waals surface area contributed by atoms with Crippen LogP contribution in [0.3, 0.4) is 0 Å². The fraction of sp³-hybridized carbons (Fsp3) is 0.386. The van der Waals surface area contributed by atoms with Gasteiger partial charge in [-0.3, -0.25) is 14.4 Å². The van der Waals surface area contributed by atoms with E-state index in [1.807, 2.05) is 71.9 Å². The van der Waals surface area contributed by atoms with Gasteiger partial charge in [-0.15, -0.1) is 0 Å². The van der Waals surface area contributed by atoms with Crippen LogP contribution in [-0.2, 0) is 47.5 Å². The second-order valence-electron chi connectivity index (χ2n) is 21.3. The van der Waals surface area contributed by atoms with Gasteiger partial charge in [0.05, 0.1) is 20.8 Å². The molecule has 4 aromatic carbocycles. The van der Waals surface area contributed by atoms with Gasteiger partial charge in [-0.2, -0.15) is 0 Å². The highest BCUT2D eigenvalue weighted by atomic mass is 19.1. The smallest absolute Gasteiger partial charge is 0.360 e. The van der Waals surface area contributed by atoms with Crippen LogP contribution in [0.15, 0.2) is 81.6 Å². The van der Waals surface area contributed by atoms with Crippen LogP contribution in [-0.4, -0.2) is 84.1 Å². The molecule has 21 heteroatoms. The molecule has 406 valence electrons. The van der Waals surface area contributed by atoms with Crippen molar-refractivity contribution in [3.05, 3.63) is 153 Å². The van der Waals surface area contributed by atoms with Crippen molar-refractivity contribution in [2.75, 3.05) is 31.5 Å². The highest BCUT2D eigenvalue weighted by Crippen LogP contribution is 2.60. The van der Waals surface area contributed by atoms with Crippen LogP contribution in [0.1, 0.15) is 131 Å². The van der Waals surface area contributed by atoms with Gasteiger partial charge in [-0.1, -0.05) is 65.8 Å². The number of aromatic nitrogens is 2. The normalized spacial score (nSPS) is 24.9. The van der Waals surface area contributed by atoms with E-state index in [-0.39, 0.29) is 64.3 Å². The summed E-state index contributed by atoms with van der Waals surface area (Å²) >= 11 is 0. The molecule has 2 aromatic heterocycles. The lowest BCUT2D eigenvalue weighted by molar-refractivity contribution is -0.143. The van der Waals surface area contributed by atoms with E-state index in [2.05, 4.69) is 36.6 Å². The molecule has 78 heavy (non-hydrogen) atoms. The summed E-state index contributed by atoms with van der Waals surface area (Å²) in [6, 6.07) is 17.3. The number of benzene rings is 4. The Hall–Kier alpha value is -8.33. The van der Waals surface area contributed by atoms with Crippen molar-refractivity contribution in [2.45, 2.75) is 95.8 Å². The van der Waals surface area contributed by atoms with Gasteiger partial charge in [0.2, 0.25) is 23.6 Å². The first kappa shape index (κ1) is 51.8. The van der Waals surface area contributed by atoms with Crippen molar-refractivity contribution in [3.8, 4) is 11.5 Å². The Morgan fingerprint density at radius 2 is 1.13 bits per heavy atom. The van der Waals surface area contributed by atoms with Crippen molar-refractivity contribution >= 4 is 41.0 Å². The zero-order chi connectivity index (χ0) is 55.3. The number of anilines is 2. The lowest BCUT2D eigenvalue weighted by Crippen LogP contribution is -2.46. The van der Waals surface area contributed by atoms with Crippen LogP contribution in [0.4, 0.5) is 20.2 Å². The van der Waals surface area contributed by atoms with Crippen LogP contribution >= 0.6 is 0 Å². The standard InChI is InChI=1S/C30H31FN4O7.C27H26FN3O5/c1-13(2)22-27-35-23(26(38)32-20(12-36)28(39)40-4)24(42-27)30-17-11-16(31)6-7-19(17)33-29(30)41-21-8-5-15(10-18(21)30)9-14(3)25(37)34-22;1-12(2)20-24-31-21(25(33)34-4)22(36-24)27-16-11-15(28)6-7-18(16)29-26(27)35-19-8-5-14(10-17(19)27)9-13(3)23(32)30-20/h5-8,10-11,13-14,20,22,29,33,36H,9,12H2,1-4H3,(H,32,38)(H,34,37);5-8,10-13,20,26,29H,9H2,1-4H3,(H,30,32)/t14?,20?,22?,29-,30?;13?,20?,26-,27?/m11/s1. The zero-order valence-corrected chi connectivity index (χ0v) is 43.8. The van der Waals surface area contributed by atoms with Crippen molar-refractivity contribution < 1.29 is 65.6 Å². The molecule has 0 aliphatic carbocycles. The van der Waals surface area contributed by atoms with E-state index in [9.17, 15) is 37.9 Å². The van der Waals surface area contributed by atoms with E-state index < -0.39 is 83.4 Å². The minimum atomic E-state index is -1.38. The van der Waals surface area contributed by atoms with Gasteiger partial charge in [0, 0.05) is 45.5 Å². The number of esters is 2. The van der Waals surface area contributed by atoms with Gasteiger partial charge in [0.1, 0.15) is 46.0 Å². The number of hydrogen-bond acceptors (Lipinski definition) is 16. The van der Waals surface area contributed by atoms with E-state index in [0.29, 0.717) is 58.0 Å². The number of carbonyl (C=O) groups excluding carboxylic acids is 5. The average Bonchev–Trinajstić information content (AvgIpc) is 3.22. The predicted octanol–water partition coefficient (Wildman–Crippen LogP) is 6.65. The number of nitrogens with one attached hydrogen (secondary N) is 5. The summed E-state index contributed by atoms with van der Waals surface area (Å²) in [5.41, 5.74) is 2.56. The lowest BCUT2D eigenvalue weighted by Gasteiger charge is -2.28. The summed E-state index contributed by atoms with van der Waals surface area (Å²) in [7, 11) is 2.41. The molecular weight excluding hydrogens is 1010 g/mol. The zero-order valence-electron chi connectivity index (χ0n) is 43.8. The number of methoxy groups -OCH3 is 2. The maximum Gasteiger partial charge on any atom is 0.360 e. The first-order valence-electron chi connectivity index (χ1n) is 25.8. The molecule has 2 spiro atoms.